The Morgan fingerprint density at radius 3 is 2.48 bits per heavy atom. The number of aromatic nitrogens is 2. The van der Waals surface area contributed by atoms with Crippen molar-refractivity contribution < 1.29 is 19.1 Å². The summed E-state index contributed by atoms with van der Waals surface area (Å²) in [4.78, 5) is 35.7. The lowest BCUT2D eigenvalue weighted by Crippen LogP contribution is -2.22. The van der Waals surface area contributed by atoms with Crippen LogP contribution in [0.2, 0.25) is 0 Å². The van der Waals surface area contributed by atoms with Gasteiger partial charge in [-0.15, -0.1) is 0 Å². The number of benzene rings is 2. The topological polar surface area (TPSA) is 110 Å². The molecular weight excluding hydrogens is 350 g/mol. The highest BCUT2D eigenvalue weighted by molar-refractivity contribution is 5.93. The van der Waals surface area contributed by atoms with Crippen LogP contribution in [0.25, 0.3) is 10.8 Å². The molecular formula is C19H17N3O5. The van der Waals surface area contributed by atoms with Gasteiger partial charge in [0.15, 0.2) is 6.61 Å². The van der Waals surface area contributed by atoms with Crippen molar-refractivity contribution in [1.82, 2.24) is 10.2 Å². The van der Waals surface area contributed by atoms with E-state index in [1.165, 1.54) is 0 Å². The van der Waals surface area contributed by atoms with Crippen molar-refractivity contribution in [2.45, 2.75) is 6.42 Å². The Balaban J connectivity index is 1.57. The molecule has 3 rings (SSSR count). The molecule has 2 aromatic carbocycles. The van der Waals surface area contributed by atoms with E-state index in [0.29, 0.717) is 27.9 Å². The highest BCUT2D eigenvalue weighted by Gasteiger charge is 2.13. The van der Waals surface area contributed by atoms with Gasteiger partial charge in [0, 0.05) is 11.1 Å². The number of nitrogens with zero attached hydrogens (tertiary/aromatic N) is 1. The van der Waals surface area contributed by atoms with E-state index in [1.807, 2.05) is 0 Å². The van der Waals surface area contributed by atoms with Gasteiger partial charge in [0.05, 0.1) is 24.6 Å². The summed E-state index contributed by atoms with van der Waals surface area (Å²) in [7, 11) is 1.55. The zero-order chi connectivity index (χ0) is 19.2. The molecule has 0 aliphatic carbocycles. The summed E-state index contributed by atoms with van der Waals surface area (Å²) in [6, 6.07) is 13.6. The fraction of sp³-hybridized carbons (Fsp3) is 0.158. The van der Waals surface area contributed by atoms with E-state index in [2.05, 4.69) is 15.5 Å². The van der Waals surface area contributed by atoms with Gasteiger partial charge in [0.1, 0.15) is 5.75 Å². The van der Waals surface area contributed by atoms with Crippen LogP contribution in [0.1, 0.15) is 5.69 Å². The van der Waals surface area contributed by atoms with E-state index < -0.39 is 18.5 Å². The van der Waals surface area contributed by atoms with Gasteiger partial charge in [0.25, 0.3) is 11.5 Å². The van der Waals surface area contributed by atoms with Crippen molar-refractivity contribution in [3.63, 3.8) is 0 Å². The van der Waals surface area contributed by atoms with Gasteiger partial charge < -0.3 is 14.8 Å². The average molecular weight is 367 g/mol. The molecule has 0 saturated carbocycles. The molecule has 8 nitrogen and oxygen atoms in total. The standard InChI is InChI=1S/C19H17N3O5/c1-26-13-8-6-12(7-9-13)20-17(23)11-27-18(24)10-16-14-4-2-3-5-15(14)19(25)22-21-16/h2-9H,10-11H2,1H3,(H,20,23)(H,22,25). The van der Waals surface area contributed by atoms with Crippen LogP contribution in [0.3, 0.4) is 0 Å². The van der Waals surface area contributed by atoms with Crippen molar-refractivity contribution in [1.29, 1.82) is 0 Å². The fourth-order valence-electron chi connectivity index (χ4n) is 2.51. The Morgan fingerprint density at radius 1 is 1.07 bits per heavy atom. The lowest BCUT2D eigenvalue weighted by Gasteiger charge is -2.08. The first-order valence-corrected chi connectivity index (χ1v) is 8.12. The third kappa shape index (κ3) is 4.49. The number of esters is 1. The second-order valence-corrected chi connectivity index (χ2v) is 5.66. The molecule has 0 aliphatic rings. The number of carbonyl (C=O) groups is 2. The van der Waals surface area contributed by atoms with Crippen molar-refractivity contribution in [3.05, 3.63) is 64.6 Å². The summed E-state index contributed by atoms with van der Waals surface area (Å²) in [5, 5.41) is 9.88. The maximum Gasteiger partial charge on any atom is 0.312 e. The van der Waals surface area contributed by atoms with Gasteiger partial charge in [-0.25, -0.2) is 5.10 Å². The fourth-order valence-corrected chi connectivity index (χ4v) is 2.51. The molecule has 138 valence electrons. The minimum atomic E-state index is -0.621. The molecule has 2 N–H and O–H groups in total. The minimum Gasteiger partial charge on any atom is -0.497 e. The number of aromatic amines is 1. The molecule has 0 atom stereocenters. The van der Waals surface area contributed by atoms with E-state index in [4.69, 9.17) is 9.47 Å². The Hall–Kier alpha value is -3.68. The van der Waals surface area contributed by atoms with Crippen LogP contribution in [0, 0.1) is 0 Å². The molecule has 1 heterocycles. The quantitative estimate of drug-likeness (QED) is 0.641. The molecule has 1 amide bonds. The number of H-pyrrole nitrogens is 1. The second kappa shape index (κ2) is 8.13. The largest absolute Gasteiger partial charge is 0.497 e. The number of fused-ring (bicyclic) bond motifs is 1. The van der Waals surface area contributed by atoms with Crippen molar-refractivity contribution in [2.24, 2.45) is 0 Å². The lowest BCUT2D eigenvalue weighted by molar-refractivity contribution is -0.146. The normalized spacial score (nSPS) is 10.4. The third-order valence-corrected chi connectivity index (χ3v) is 3.82. The van der Waals surface area contributed by atoms with Crippen LogP contribution >= 0.6 is 0 Å². The van der Waals surface area contributed by atoms with Crippen molar-refractivity contribution in [3.8, 4) is 5.75 Å². The van der Waals surface area contributed by atoms with Gasteiger partial charge in [-0.05, 0) is 30.3 Å². The maximum atomic E-state index is 12.0. The van der Waals surface area contributed by atoms with E-state index in [0.717, 1.165) is 0 Å². The van der Waals surface area contributed by atoms with E-state index in [-0.39, 0.29) is 12.0 Å². The average Bonchev–Trinajstić information content (AvgIpc) is 2.69. The zero-order valence-electron chi connectivity index (χ0n) is 14.5. The van der Waals surface area contributed by atoms with Crippen molar-refractivity contribution in [2.75, 3.05) is 19.0 Å². The molecule has 0 unspecified atom stereocenters. The summed E-state index contributed by atoms with van der Waals surface area (Å²) >= 11 is 0. The number of rotatable bonds is 6. The first-order valence-electron chi connectivity index (χ1n) is 8.12. The van der Waals surface area contributed by atoms with E-state index in [9.17, 15) is 14.4 Å². The molecule has 0 radical (unpaired) electrons. The second-order valence-electron chi connectivity index (χ2n) is 5.66. The van der Waals surface area contributed by atoms with Crippen LogP contribution in [0.4, 0.5) is 5.69 Å². The molecule has 0 spiro atoms. The van der Waals surface area contributed by atoms with Gasteiger partial charge in [0.2, 0.25) is 0 Å². The molecule has 1 aromatic heterocycles. The Bertz CT molecular complexity index is 1030. The summed E-state index contributed by atoms with van der Waals surface area (Å²) in [5.74, 6) is -0.419. The summed E-state index contributed by atoms with van der Waals surface area (Å²) in [6.45, 7) is -0.424. The maximum absolute atomic E-state index is 12.0. The zero-order valence-corrected chi connectivity index (χ0v) is 14.5. The molecule has 27 heavy (non-hydrogen) atoms. The number of nitrogens with one attached hydrogen (secondary N) is 2. The van der Waals surface area contributed by atoms with Gasteiger partial charge in [-0.3, -0.25) is 14.4 Å². The number of amides is 1. The molecule has 0 fully saturated rings. The number of hydrogen-bond acceptors (Lipinski definition) is 6. The number of anilines is 1. The molecule has 3 aromatic rings. The van der Waals surface area contributed by atoms with Crippen LogP contribution < -0.4 is 15.6 Å². The predicted octanol–water partition coefficient (Wildman–Crippen LogP) is 1.66. The molecule has 0 saturated heterocycles. The smallest absolute Gasteiger partial charge is 0.312 e. The van der Waals surface area contributed by atoms with Crippen molar-refractivity contribution >= 4 is 28.3 Å². The lowest BCUT2D eigenvalue weighted by atomic mass is 10.1. The SMILES string of the molecule is COc1ccc(NC(=O)COC(=O)Cc2n[nH]c(=O)c3ccccc23)cc1. The van der Waals surface area contributed by atoms with Gasteiger partial charge in [-0.2, -0.15) is 5.10 Å². The number of methoxy groups -OCH3 is 1. The summed E-state index contributed by atoms with van der Waals surface area (Å²) in [6.07, 6.45) is -0.160. The number of carbonyl (C=O) groups excluding carboxylic acids is 2. The molecule has 0 aliphatic heterocycles. The minimum absolute atomic E-state index is 0.160. The van der Waals surface area contributed by atoms with E-state index >= 15 is 0 Å². The Labute approximate surface area is 154 Å². The first-order chi connectivity index (χ1) is 13.1. The Kier molecular flexibility index (Phi) is 5.46. The van der Waals surface area contributed by atoms with Crippen LogP contribution in [0.5, 0.6) is 5.75 Å². The van der Waals surface area contributed by atoms with Crippen LogP contribution in [-0.4, -0.2) is 35.8 Å². The van der Waals surface area contributed by atoms with Gasteiger partial charge >= 0.3 is 5.97 Å². The first kappa shape index (κ1) is 18.1. The molecule has 8 heteroatoms. The molecule has 0 bridgehead atoms. The monoisotopic (exact) mass is 367 g/mol. The van der Waals surface area contributed by atoms with Gasteiger partial charge in [-0.1, -0.05) is 18.2 Å². The number of hydrogen-bond donors (Lipinski definition) is 2. The van der Waals surface area contributed by atoms with E-state index in [1.54, 1.807) is 55.6 Å². The van der Waals surface area contributed by atoms with Crippen LogP contribution in [0.15, 0.2) is 53.3 Å². The highest BCUT2D eigenvalue weighted by Crippen LogP contribution is 2.15. The Morgan fingerprint density at radius 2 is 1.78 bits per heavy atom. The number of ether oxygens (including phenoxy) is 2. The van der Waals surface area contributed by atoms with Crippen LogP contribution in [-0.2, 0) is 20.7 Å². The third-order valence-electron chi connectivity index (χ3n) is 3.82. The summed E-state index contributed by atoms with van der Waals surface area (Å²) in [5.41, 5.74) is 0.609. The highest BCUT2D eigenvalue weighted by atomic mass is 16.5. The predicted molar refractivity (Wildman–Crippen MR) is 98.7 cm³/mol. The summed E-state index contributed by atoms with van der Waals surface area (Å²) < 4.78 is 10.0.